The smallest absolute Gasteiger partial charge is 0.314 e. The number of hydrogen-bond donors (Lipinski definition) is 4. The Bertz CT molecular complexity index is 982. The second-order valence-corrected chi connectivity index (χ2v) is 5.59. The highest BCUT2D eigenvalue weighted by molar-refractivity contribution is 6.44. The van der Waals surface area contributed by atoms with Crippen LogP contribution in [0.3, 0.4) is 0 Å². The molecule has 0 aliphatic heterocycles. The van der Waals surface area contributed by atoms with E-state index in [0.717, 1.165) is 0 Å². The summed E-state index contributed by atoms with van der Waals surface area (Å²) in [5.74, 6) is -1.48. The number of carbonyl (C=O) groups is 2. The van der Waals surface area contributed by atoms with Crippen molar-refractivity contribution in [3.8, 4) is 11.5 Å². The molecule has 126 valence electrons. The van der Waals surface area contributed by atoms with E-state index in [9.17, 15) is 19.8 Å². The van der Waals surface area contributed by atoms with Crippen LogP contribution < -0.4 is 10.6 Å². The fraction of sp³-hybridized carbons (Fsp3) is 0.0526. The zero-order valence-electron chi connectivity index (χ0n) is 13.4. The largest absolute Gasteiger partial charge is 0.508 e. The van der Waals surface area contributed by atoms with Gasteiger partial charge >= 0.3 is 11.8 Å². The Morgan fingerprint density at radius 3 is 2.16 bits per heavy atom. The predicted molar refractivity (Wildman–Crippen MR) is 95.7 cm³/mol. The van der Waals surface area contributed by atoms with E-state index >= 15 is 0 Å². The maximum absolute atomic E-state index is 12.2. The van der Waals surface area contributed by atoms with E-state index in [-0.39, 0.29) is 11.5 Å². The molecule has 0 atom stereocenters. The van der Waals surface area contributed by atoms with Crippen molar-refractivity contribution in [2.45, 2.75) is 6.92 Å². The van der Waals surface area contributed by atoms with Crippen molar-refractivity contribution in [1.29, 1.82) is 0 Å². The number of phenolic OH excluding ortho intramolecular Hbond substituents is 2. The lowest BCUT2D eigenvalue weighted by atomic mass is 10.1. The number of hydrogen-bond acceptors (Lipinski definition) is 4. The topological polar surface area (TPSA) is 98.7 Å². The highest BCUT2D eigenvalue weighted by atomic mass is 16.3. The van der Waals surface area contributed by atoms with Gasteiger partial charge in [0.25, 0.3) is 0 Å². The number of rotatable bonds is 2. The molecule has 0 aliphatic carbocycles. The summed E-state index contributed by atoms with van der Waals surface area (Å²) in [4.78, 5) is 24.3. The number of aromatic hydroxyl groups is 2. The van der Waals surface area contributed by atoms with Crippen molar-refractivity contribution in [1.82, 2.24) is 0 Å². The molecule has 0 saturated carbocycles. The van der Waals surface area contributed by atoms with E-state index < -0.39 is 11.8 Å². The number of aryl methyl sites for hydroxylation is 1. The zero-order valence-corrected chi connectivity index (χ0v) is 13.4. The van der Waals surface area contributed by atoms with Crippen LogP contribution in [0.5, 0.6) is 11.5 Å². The van der Waals surface area contributed by atoms with Gasteiger partial charge in [-0.3, -0.25) is 9.59 Å². The van der Waals surface area contributed by atoms with Crippen LogP contribution in [0.15, 0.2) is 54.6 Å². The number of amides is 2. The number of phenols is 2. The molecule has 0 bridgehead atoms. The lowest BCUT2D eigenvalue weighted by Gasteiger charge is -2.11. The van der Waals surface area contributed by atoms with Crippen molar-refractivity contribution in [2.24, 2.45) is 0 Å². The van der Waals surface area contributed by atoms with E-state index in [1.54, 1.807) is 43.3 Å². The molecule has 2 amide bonds. The molecule has 6 heteroatoms. The minimum atomic E-state index is -0.830. The molecule has 0 spiro atoms. The third-order valence-corrected chi connectivity index (χ3v) is 3.81. The summed E-state index contributed by atoms with van der Waals surface area (Å²) in [6, 6.07) is 14.4. The van der Waals surface area contributed by atoms with Crippen molar-refractivity contribution in [3.05, 3.63) is 60.2 Å². The standard InChI is InChI=1S/C19H16N2O4/c1-11-10-12(22)8-9-15(11)20-18(24)19(25)21-16-6-2-5-14-13(16)4-3-7-17(14)23/h2-10,22-23H,1H3,(H,20,24)(H,21,25). The van der Waals surface area contributed by atoms with Gasteiger partial charge in [0, 0.05) is 22.1 Å². The lowest BCUT2D eigenvalue weighted by molar-refractivity contribution is -0.132. The highest BCUT2D eigenvalue weighted by Crippen LogP contribution is 2.29. The molecule has 3 rings (SSSR count). The van der Waals surface area contributed by atoms with Gasteiger partial charge in [0.1, 0.15) is 11.5 Å². The SMILES string of the molecule is Cc1cc(O)ccc1NC(=O)C(=O)Nc1cccc2c(O)cccc12. The van der Waals surface area contributed by atoms with Crippen molar-refractivity contribution >= 4 is 34.0 Å². The van der Waals surface area contributed by atoms with Crippen LogP contribution in [0, 0.1) is 6.92 Å². The second kappa shape index (κ2) is 6.52. The highest BCUT2D eigenvalue weighted by Gasteiger charge is 2.16. The van der Waals surface area contributed by atoms with Gasteiger partial charge in [-0.15, -0.1) is 0 Å². The normalized spacial score (nSPS) is 10.4. The van der Waals surface area contributed by atoms with Crippen LogP contribution in [0.1, 0.15) is 5.56 Å². The maximum atomic E-state index is 12.2. The summed E-state index contributed by atoms with van der Waals surface area (Å²) >= 11 is 0. The number of anilines is 2. The van der Waals surface area contributed by atoms with E-state index in [1.165, 1.54) is 18.2 Å². The van der Waals surface area contributed by atoms with Gasteiger partial charge in [0.2, 0.25) is 0 Å². The van der Waals surface area contributed by atoms with Crippen LogP contribution in [0.4, 0.5) is 11.4 Å². The van der Waals surface area contributed by atoms with Gasteiger partial charge in [0.05, 0.1) is 0 Å². The zero-order chi connectivity index (χ0) is 18.0. The molecular formula is C19H16N2O4. The number of benzene rings is 3. The predicted octanol–water partition coefficient (Wildman–Crippen LogP) is 3.14. The summed E-state index contributed by atoms with van der Waals surface area (Å²) in [6.45, 7) is 1.71. The van der Waals surface area contributed by atoms with Gasteiger partial charge < -0.3 is 20.8 Å². The van der Waals surface area contributed by atoms with Gasteiger partial charge in [0.15, 0.2) is 0 Å². The molecule has 6 nitrogen and oxygen atoms in total. The summed E-state index contributed by atoms with van der Waals surface area (Å²) in [5, 5.41) is 25.5. The van der Waals surface area contributed by atoms with Gasteiger partial charge in [-0.1, -0.05) is 24.3 Å². The van der Waals surface area contributed by atoms with Crippen LogP contribution >= 0.6 is 0 Å². The fourth-order valence-corrected chi connectivity index (χ4v) is 2.55. The molecular weight excluding hydrogens is 320 g/mol. The molecule has 25 heavy (non-hydrogen) atoms. The lowest BCUT2D eigenvalue weighted by Crippen LogP contribution is -2.29. The molecule has 3 aromatic carbocycles. The van der Waals surface area contributed by atoms with Crippen LogP contribution in [0.25, 0.3) is 10.8 Å². The molecule has 3 aromatic rings. The molecule has 0 aliphatic rings. The first kappa shape index (κ1) is 16.3. The van der Waals surface area contributed by atoms with E-state index in [0.29, 0.717) is 27.7 Å². The van der Waals surface area contributed by atoms with E-state index in [2.05, 4.69) is 10.6 Å². The number of fused-ring (bicyclic) bond motifs is 1. The van der Waals surface area contributed by atoms with E-state index in [1.807, 2.05) is 0 Å². The molecule has 0 radical (unpaired) electrons. The molecule has 0 fully saturated rings. The van der Waals surface area contributed by atoms with Gasteiger partial charge in [-0.25, -0.2) is 0 Å². The first-order valence-corrected chi connectivity index (χ1v) is 7.58. The van der Waals surface area contributed by atoms with Crippen LogP contribution in [0.2, 0.25) is 0 Å². The van der Waals surface area contributed by atoms with Crippen LogP contribution in [-0.2, 0) is 9.59 Å². The minimum absolute atomic E-state index is 0.0792. The monoisotopic (exact) mass is 336 g/mol. The Morgan fingerprint density at radius 1 is 0.800 bits per heavy atom. The summed E-state index contributed by atoms with van der Waals surface area (Å²) in [6.07, 6.45) is 0. The summed E-state index contributed by atoms with van der Waals surface area (Å²) in [5.41, 5.74) is 1.50. The first-order valence-electron chi connectivity index (χ1n) is 7.58. The van der Waals surface area contributed by atoms with Crippen molar-refractivity contribution < 1.29 is 19.8 Å². The second-order valence-electron chi connectivity index (χ2n) is 5.59. The Labute approximate surface area is 143 Å². The maximum Gasteiger partial charge on any atom is 0.314 e. The molecule has 4 N–H and O–H groups in total. The van der Waals surface area contributed by atoms with Crippen LogP contribution in [-0.4, -0.2) is 22.0 Å². The molecule has 0 heterocycles. The molecule has 0 aromatic heterocycles. The Hall–Kier alpha value is -3.54. The van der Waals surface area contributed by atoms with Gasteiger partial charge in [-0.05, 0) is 42.8 Å². The fourth-order valence-electron chi connectivity index (χ4n) is 2.55. The summed E-state index contributed by atoms with van der Waals surface area (Å²) < 4.78 is 0. The average molecular weight is 336 g/mol. The molecule has 0 unspecified atom stereocenters. The summed E-state index contributed by atoms with van der Waals surface area (Å²) in [7, 11) is 0. The third kappa shape index (κ3) is 3.37. The minimum Gasteiger partial charge on any atom is -0.508 e. The number of nitrogens with one attached hydrogen (secondary N) is 2. The number of carbonyl (C=O) groups excluding carboxylic acids is 2. The third-order valence-electron chi connectivity index (χ3n) is 3.81. The Balaban J connectivity index is 1.80. The Kier molecular flexibility index (Phi) is 4.26. The molecule has 0 saturated heterocycles. The van der Waals surface area contributed by atoms with Crippen molar-refractivity contribution in [2.75, 3.05) is 10.6 Å². The van der Waals surface area contributed by atoms with Gasteiger partial charge in [-0.2, -0.15) is 0 Å². The Morgan fingerprint density at radius 2 is 1.44 bits per heavy atom. The average Bonchev–Trinajstić information content (AvgIpc) is 2.58. The van der Waals surface area contributed by atoms with Crippen molar-refractivity contribution in [3.63, 3.8) is 0 Å². The quantitative estimate of drug-likeness (QED) is 0.427. The first-order chi connectivity index (χ1) is 12.0. The van der Waals surface area contributed by atoms with E-state index in [4.69, 9.17) is 0 Å².